The van der Waals surface area contributed by atoms with Crippen LogP contribution in [0, 0.1) is 17.7 Å². The van der Waals surface area contributed by atoms with Crippen LogP contribution in [-0.2, 0) is 13.1 Å². The number of phenols is 1. The molecule has 2 aromatic heterocycles. The second-order valence-corrected chi connectivity index (χ2v) is 13.3. The van der Waals surface area contributed by atoms with Crippen LogP contribution in [0.3, 0.4) is 0 Å². The van der Waals surface area contributed by atoms with Gasteiger partial charge in [0.1, 0.15) is 11.6 Å². The zero-order valence-corrected chi connectivity index (χ0v) is 30.0. The maximum atomic E-state index is 13.1. The second-order valence-electron chi connectivity index (χ2n) is 13.3. The molecule has 0 radical (unpaired) electrons. The first-order chi connectivity index (χ1) is 26.2. The number of fused-ring (bicyclic) bond motifs is 1. The summed E-state index contributed by atoms with van der Waals surface area (Å²) in [6, 6.07) is 30.6. The Kier molecular flexibility index (Phi) is 10.6. The number of amides is 2. The number of aromatic hydroxyl groups is 1. The molecular weight excluding hydrogens is 682 g/mol. The second kappa shape index (κ2) is 15.9. The van der Waals surface area contributed by atoms with Gasteiger partial charge < -0.3 is 20.2 Å². The van der Waals surface area contributed by atoms with Gasteiger partial charge in [0.15, 0.2) is 11.5 Å². The number of hydrogen-bond acceptors (Lipinski definition) is 8. The smallest absolute Gasteiger partial charge is 0.272 e. The third kappa shape index (κ3) is 8.04. The molecule has 0 unspecified atom stereocenters. The van der Waals surface area contributed by atoms with Gasteiger partial charge in [-0.25, -0.2) is 4.39 Å². The molecule has 0 bridgehead atoms. The zero-order valence-electron chi connectivity index (χ0n) is 30.0. The third-order valence-corrected chi connectivity index (χ3v) is 9.39. The van der Waals surface area contributed by atoms with E-state index < -0.39 is 0 Å². The van der Waals surface area contributed by atoms with E-state index in [2.05, 4.69) is 43.2 Å². The minimum absolute atomic E-state index is 0.0417. The molecule has 10 nitrogen and oxygen atoms in total. The lowest BCUT2D eigenvalue weighted by atomic mass is 9.96. The Morgan fingerprint density at radius 1 is 0.852 bits per heavy atom. The highest BCUT2D eigenvalue weighted by Crippen LogP contribution is 2.36. The molecule has 3 heterocycles. The van der Waals surface area contributed by atoms with Crippen molar-refractivity contribution in [1.82, 2.24) is 30.3 Å². The minimum atomic E-state index is -0.339. The van der Waals surface area contributed by atoms with Gasteiger partial charge in [-0.05, 0) is 65.0 Å². The molecule has 4 aromatic carbocycles. The van der Waals surface area contributed by atoms with Gasteiger partial charge in [0.05, 0.1) is 11.3 Å². The van der Waals surface area contributed by atoms with E-state index in [1.54, 1.807) is 50.6 Å². The molecule has 2 N–H and O–H groups in total. The molecular formula is C43H38FN7O3. The van der Waals surface area contributed by atoms with Gasteiger partial charge in [-0.15, -0.1) is 10.2 Å². The summed E-state index contributed by atoms with van der Waals surface area (Å²) in [4.78, 5) is 36.1. The quantitative estimate of drug-likeness (QED) is 0.187. The Morgan fingerprint density at radius 3 is 2.30 bits per heavy atom. The number of nitrogens with zero attached hydrogens (tertiary/aromatic N) is 6. The summed E-state index contributed by atoms with van der Waals surface area (Å²) < 4.78 is 13.1. The predicted molar refractivity (Wildman–Crippen MR) is 206 cm³/mol. The highest BCUT2D eigenvalue weighted by atomic mass is 19.1. The van der Waals surface area contributed by atoms with Gasteiger partial charge in [-0.1, -0.05) is 66.4 Å². The van der Waals surface area contributed by atoms with Crippen molar-refractivity contribution < 1.29 is 19.1 Å². The molecule has 2 amide bonds. The van der Waals surface area contributed by atoms with Gasteiger partial charge in [-0.2, -0.15) is 0 Å². The number of nitrogens with one attached hydrogen (secondary N) is 1. The average molecular weight is 720 g/mol. The summed E-state index contributed by atoms with van der Waals surface area (Å²) in [6.45, 7) is 4.18. The molecule has 1 aliphatic rings. The van der Waals surface area contributed by atoms with Crippen LogP contribution in [0.25, 0.3) is 22.0 Å². The fourth-order valence-corrected chi connectivity index (χ4v) is 6.39. The molecule has 1 saturated heterocycles. The van der Waals surface area contributed by atoms with E-state index in [4.69, 9.17) is 4.98 Å². The number of hydrogen-bond donors (Lipinski definition) is 2. The van der Waals surface area contributed by atoms with Crippen molar-refractivity contribution >= 4 is 28.4 Å². The molecule has 54 heavy (non-hydrogen) atoms. The standard InChI is InChI=1S/C43H38FN7O3/c1-49(2)43(54)37-25-36(34-9-5-6-10-35(34)41(37)52)38-18-14-29(26-45-38)11-15-31-7-3-4-8-32(31)28-50-21-23-51(24-22-50)40-20-19-39(47-48-40)42(53)46-27-30-12-16-33(44)17-13-30/h3-10,12-14,16-20,25-26,52H,21-24,27-28H2,1-2H3,(H,46,53). The van der Waals surface area contributed by atoms with Crippen LogP contribution in [0.4, 0.5) is 10.2 Å². The lowest BCUT2D eigenvalue weighted by molar-refractivity contribution is 0.0824. The number of carbonyl (C=O) groups excluding carboxylic acids is 2. The van der Waals surface area contributed by atoms with E-state index >= 15 is 0 Å². The van der Waals surface area contributed by atoms with Crippen molar-refractivity contribution in [1.29, 1.82) is 0 Å². The maximum absolute atomic E-state index is 13.1. The number of phenolic OH excluding ortho intramolecular Hbond substituents is 1. The Morgan fingerprint density at radius 2 is 1.59 bits per heavy atom. The van der Waals surface area contributed by atoms with E-state index in [1.807, 2.05) is 54.6 Å². The lowest BCUT2D eigenvalue weighted by Gasteiger charge is -2.35. The summed E-state index contributed by atoms with van der Waals surface area (Å²) >= 11 is 0. The first-order valence-electron chi connectivity index (χ1n) is 17.6. The fraction of sp³-hybridized carbons (Fsp3) is 0.186. The number of aromatic nitrogens is 3. The Hall–Kier alpha value is -6.64. The van der Waals surface area contributed by atoms with Crippen molar-refractivity contribution in [2.24, 2.45) is 0 Å². The Balaban J connectivity index is 0.975. The number of anilines is 1. The molecule has 0 atom stereocenters. The van der Waals surface area contributed by atoms with Crippen LogP contribution in [0.2, 0.25) is 0 Å². The molecule has 1 fully saturated rings. The van der Waals surface area contributed by atoms with E-state index in [0.717, 1.165) is 71.7 Å². The summed E-state index contributed by atoms with van der Waals surface area (Å²) in [5.41, 5.74) is 5.50. The van der Waals surface area contributed by atoms with Gasteiger partial charge in [0, 0.05) is 81.6 Å². The van der Waals surface area contributed by atoms with Gasteiger partial charge in [0.25, 0.3) is 11.8 Å². The van der Waals surface area contributed by atoms with Crippen LogP contribution >= 0.6 is 0 Å². The summed E-state index contributed by atoms with van der Waals surface area (Å²) in [6.07, 6.45) is 1.73. The van der Waals surface area contributed by atoms with Crippen LogP contribution in [-0.4, -0.2) is 82.2 Å². The van der Waals surface area contributed by atoms with E-state index in [-0.39, 0.29) is 41.2 Å². The van der Waals surface area contributed by atoms with E-state index in [9.17, 15) is 19.1 Å². The van der Waals surface area contributed by atoms with Crippen molar-refractivity contribution in [2.75, 3.05) is 45.2 Å². The number of rotatable bonds is 8. The molecule has 0 spiro atoms. The number of halogens is 1. The van der Waals surface area contributed by atoms with Crippen LogP contribution in [0.5, 0.6) is 5.75 Å². The van der Waals surface area contributed by atoms with Gasteiger partial charge in [0.2, 0.25) is 0 Å². The molecule has 1 aliphatic heterocycles. The molecule has 7 rings (SSSR count). The number of carbonyl (C=O) groups is 2. The Labute approximate surface area is 312 Å². The summed E-state index contributed by atoms with van der Waals surface area (Å²) in [5.74, 6) is 6.35. The molecule has 6 aromatic rings. The van der Waals surface area contributed by atoms with Crippen LogP contribution in [0.1, 0.15) is 43.1 Å². The SMILES string of the molecule is CN(C)C(=O)c1cc(-c2ccc(C#Cc3ccccc3CN3CCN(c4ccc(C(=O)NCc5ccc(F)cc5)nn4)CC3)cn2)c2ccccc2c1O. The first-order valence-corrected chi connectivity index (χ1v) is 17.6. The van der Waals surface area contributed by atoms with Crippen molar-refractivity contribution in [3.8, 4) is 28.8 Å². The lowest BCUT2D eigenvalue weighted by Crippen LogP contribution is -2.46. The number of piperazine rings is 1. The topological polar surface area (TPSA) is 115 Å². The highest BCUT2D eigenvalue weighted by molar-refractivity contribution is 6.08. The monoisotopic (exact) mass is 719 g/mol. The first kappa shape index (κ1) is 35.7. The van der Waals surface area contributed by atoms with Crippen LogP contribution < -0.4 is 10.2 Å². The summed E-state index contributed by atoms with van der Waals surface area (Å²) in [7, 11) is 3.31. The van der Waals surface area contributed by atoms with Crippen molar-refractivity contribution in [3.63, 3.8) is 0 Å². The Bertz CT molecular complexity index is 2360. The number of benzene rings is 4. The zero-order chi connectivity index (χ0) is 37.6. The summed E-state index contributed by atoms with van der Waals surface area (Å²) in [5, 5.41) is 23.6. The van der Waals surface area contributed by atoms with E-state index in [1.165, 1.54) is 17.0 Å². The van der Waals surface area contributed by atoms with Crippen molar-refractivity contribution in [2.45, 2.75) is 13.1 Å². The van der Waals surface area contributed by atoms with E-state index in [0.29, 0.717) is 11.1 Å². The molecule has 270 valence electrons. The largest absolute Gasteiger partial charge is 0.506 e. The van der Waals surface area contributed by atoms with Crippen molar-refractivity contribution in [3.05, 3.63) is 149 Å². The fourth-order valence-electron chi connectivity index (χ4n) is 6.39. The molecule has 11 heteroatoms. The minimum Gasteiger partial charge on any atom is -0.506 e. The normalized spacial score (nSPS) is 12.9. The van der Waals surface area contributed by atoms with Crippen LogP contribution in [0.15, 0.2) is 109 Å². The van der Waals surface area contributed by atoms with Gasteiger partial charge >= 0.3 is 0 Å². The molecule has 0 saturated carbocycles. The van der Waals surface area contributed by atoms with Gasteiger partial charge in [-0.3, -0.25) is 19.5 Å². The molecule has 0 aliphatic carbocycles. The number of pyridine rings is 1. The maximum Gasteiger partial charge on any atom is 0.272 e. The third-order valence-electron chi connectivity index (χ3n) is 9.39. The predicted octanol–water partition coefficient (Wildman–Crippen LogP) is 5.89. The highest BCUT2D eigenvalue weighted by Gasteiger charge is 2.21. The average Bonchev–Trinajstić information content (AvgIpc) is 3.21.